The molecule has 1 aliphatic heterocycles. The van der Waals surface area contributed by atoms with Crippen molar-refractivity contribution >= 4 is 34.4 Å². The van der Waals surface area contributed by atoms with E-state index in [4.69, 9.17) is 9.84 Å². The zero-order chi connectivity index (χ0) is 17.8. The van der Waals surface area contributed by atoms with Gasteiger partial charge in [-0.3, -0.25) is 9.59 Å². The molecule has 0 aliphatic carbocycles. The maximum atomic E-state index is 12.9. The molecule has 1 fully saturated rings. The van der Waals surface area contributed by atoms with E-state index in [2.05, 4.69) is 0 Å². The minimum Gasteiger partial charge on any atom is -0.497 e. The second-order valence-electron chi connectivity index (χ2n) is 6.09. The number of amides is 1. The fourth-order valence-corrected chi connectivity index (χ4v) is 4.28. The Kier molecular flexibility index (Phi) is 5.48. The normalized spacial score (nSPS) is 17.5. The van der Waals surface area contributed by atoms with Gasteiger partial charge in [0.2, 0.25) is 5.91 Å². The molecule has 2 aromatic rings. The lowest BCUT2D eigenvalue weighted by Gasteiger charge is -2.34. The van der Waals surface area contributed by atoms with Gasteiger partial charge in [0.25, 0.3) is 0 Å². The molecule has 1 heterocycles. The second kappa shape index (κ2) is 7.78. The molecule has 25 heavy (non-hydrogen) atoms. The number of rotatable bonds is 5. The van der Waals surface area contributed by atoms with Crippen molar-refractivity contribution in [3.63, 3.8) is 0 Å². The number of carbonyl (C=O) groups is 2. The van der Waals surface area contributed by atoms with E-state index in [0.29, 0.717) is 12.3 Å². The van der Waals surface area contributed by atoms with Crippen LogP contribution in [0.15, 0.2) is 36.4 Å². The van der Waals surface area contributed by atoms with Crippen LogP contribution in [0, 0.1) is 0 Å². The summed E-state index contributed by atoms with van der Waals surface area (Å²) < 4.78 is 5.30. The Morgan fingerprint density at radius 1 is 1.32 bits per heavy atom. The van der Waals surface area contributed by atoms with Gasteiger partial charge in [-0.1, -0.05) is 24.3 Å². The monoisotopic (exact) mass is 359 g/mol. The van der Waals surface area contributed by atoms with E-state index in [9.17, 15) is 9.59 Å². The fraction of sp³-hybridized carbons (Fsp3) is 0.368. The highest BCUT2D eigenvalue weighted by molar-refractivity contribution is 7.99. The molecular formula is C19H21NO4S. The Bertz CT molecular complexity index is 792. The summed E-state index contributed by atoms with van der Waals surface area (Å²) in [5.41, 5.74) is 0.939. The highest BCUT2D eigenvalue weighted by atomic mass is 32.2. The number of carbonyl (C=O) groups excluding carboxylic acids is 1. The van der Waals surface area contributed by atoms with Crippen molar-refractivity contribution in [2.24, 2.45) is 0 Å². The van der Waals surface area contributed by atoms with Crippen LogP contribution in [0.2, 0.25) is 0 Å². The van der Waals surface area contributed by atoms with E-state index in [0.717, 1.165) is 27.8 Å². The first-order valence-electron chi connectivity index (χ1n) is 8.23. The maximum Gasteiger partial charge on any atom is 0.305 e. The predicted octanol–water partition coefficient (Wildman–Crippen LogP) is 2.81. The summed E-state index contributed by atoms with van der Waals surface area (Å²) in [7, 11) is 1.62. The third-order valence-electron chi connectivity index (χ3n) is 4.48. The molecule has 6 heteroatoms. The number of carboxylic acid groups (broad SMARTS) is 1. The first kappa shape index (κ1) is 17.6. The van der Waals surface area contributed by atoms with Gasteiger partial charge in [0.15, 0.2) is 0 Å². The average Bonchev–Trinajstić information content (AvgIpc) is 2.61. The van der Waals surface area contributed by atoms with Gasteiger partial charge < -0.3 is 14.7 Å². The van der Waals surface area contributed by atoms with Crippen molar-refractivity contribution in [2.75, 3.05) is 25.2 Å². The molecule has 1 aliphatic rings. The molecule has 132 valence electrons. The number of hydrogen-bond acceptors (Lipinski definition) is 4. The van der Waals surface area contributed by atoms with Crippen molar-refractivity contribution in [1.82, 2.24) is 4.90 Å². The zero-order valence-corrected chi connectivity index (χ0v) is 14.9. The Morgan fingerprint density at radius 3 is 2.92 bits per heavy atom. The van der Waals surface area contributed by atoms with Crippen LogP contribution in [0.4, 0.5) is 0 Å². The zero-order valence-electron chi connectivity index (χ0n) is 14.1. The fourth-order valence-electron chi connectivity index (χ4n) is 3.22. The van der Waals surface area contributed by atoms with Gasteiger partial charge in [0, 0.05) is 18.1 Å². The Labute approximate surface area is 151 Å². The van der Waals surface area contributed by atoms with Crippen LogP contribution in [-0.2, 0) is 16.0 Å². The summed E-state index contributed by atoms with van der Waals surface area (Å²) >= 11 is 1.71. The van der Waals surface area contributed by atoms with Gasteiger partial charge in [0.05, 0.1) is 26.0 Å². The molecule has 5 nitrogen and oxygen atoms in total. The third kappa shape index (κ3) is 4.07. The second-order valence-corrected chi connectivity index (χ2v) is 7.24. The molecular weight excluding hydrogens is 338 g/mol. The molecule has 1 amide bonds. The van der Waals surface area contributed by atoms with Crippen molar-refractivity contribution in [3.8, 4) is 5.75 Å². The van der Waals surface area contributed by atoms with Crippen molar-refractivity contribution < 1.29 is 19.4 Å². The lowest BCUT2D eigenvalue weighted by Crippen LogP contribution is -2.47. The summed E-state index contributed by atoms with van der Waals surface area (Å²) in [6.45, 7) is 0.607. The van der Waals surface area contributed by atoms with Gasteiger partial charge in [-0.25, -0.2) is 0 Å². The summed E-state index contributed by atoms with van der Waals surface area (Å²) in [5.74, 6) is 1.42. The average molecular weight is 359 g/mol. The van der Waals surface area contributed by atoms with Crippen LogP contribution in [0.3, 0.4) is 0 Å². The van der Waals surface area contributed by atoms with Gasteiger partial charge >= 0.3 is 5.97 Å². The smallest absolute Gasteiger partial charge is 0.305 e. The minimum absolute atomic E-state index is 0.00208. The van der Waals surface area contributed by atoms with E-state index in [-0.39, 0.29) is 24.8 Å². The Hall–Kier alpha value is -2.21. The number of aliphatic carboxylic acids is 1. The van der Waals surface area contributed by atoms with Crippen LogP contribution >= 0.6 is 11.8 Å². The third-order valence-corrected chi connectivity index (χ3v) is 5.57. The van der Waals surface area contributed by atoms with E-state index in [1.54, 1.807) is 23.8 Å². The number of fused-ring (bicyclic) bond motifs is 1. The quantitative estimate of drug-likeness (QED) is 0.889. The highest BCUT2D eigenvalue weighted by Gasteiger charge is 2.28. The summed E-state index contributed by atoms with van der Waals surface area (Å²) in [6.07, 6.45) is 0.271. The molecule has 0 saturated carbocycles. The minimum atomic E-state index is -0.861. The van der Waals surface area contributed by atoms with Gasteiger partial charge in [-0.15, -0.1) is 0 Å². The van der Waals surface area contributed by atoms with E-state index < -0.39 is 5.97 Å². The molecule has 1 atom stereocenters. The van der Waals surface area contributed by atoms with Gasteiger partial charge in [0.1, 0.15) is 5.75 Å². The summed E-state index contributed by atoms with van der Waals surface area (Å²) in [6, 6.07) is 11.5. The van der Waals surface area contributed by atoms with Crippen LogP contribution in [-0.4, -0.2) is 53.1 Å². The largest absolute Gasteiger partial charge is 0.497 e. The molecule has 0 radical (unpaired) electrons. The first-order valence-corrected chi connectivity index (χ1v) is 9.38. The van der Waals surface area contributed by atoms with Crippen molar-refractivity contribution in [1.29, 1.82) is 0 Å². The SMILES string of the molecule is COc1ccc2cccc(CC(=O)N3CCSCC3CC(=O)O)c2c1. The Balaban J connectivity index is 1.84. The van der Waals surface area contributed by atoms with Crippen LogP contribution < -0.4 is 4.74 Å². The summed E-state index contributed by atoms with van der Waals surface area (Å²) in [5, 5.41) is 11.1. The number of methoxy groups -OCH3 is 1. The number of carboxylic acids is 1. The molecule has 0 bridgehead atoms. The molecule has 0 aromatic heterocycles. The van der Waals surface area contributed by atoms with Gasteiger partial charge in [-0.2, -0.15) is 11.8 Å². The van der Waals surface area contributed by atoms with E-state index in [1.165, 1.54) is 0 Å². The van der Waals surface area contributed by atoms with Crippen molar-refractivity contribution in [3.05, 3.63) is 42.0 Å². The highest BCUT2D eigenvalue weighted by Crippen LogP contribution is 2.26. The molecule has 3 rings (SSSR count). The molecule has 1 saturated heterocycles. The number of hydrogen-bond donors (Lipinski definition) is 1. The molecule has 1 unspecified atom stereocenters. The number of benzene rings is 2. The molecule has 0 spiro atoms. The summed E-state index contributed by atoms with van der Waals surface area (Å²) in [4.78, 5) is 25.7. The standard InChI is InChI=1S/C19H21NO4S/c1-24-16-6-5-13-3-2-4-14(17(13)11-16)9-18(21)20-7-8-25-12-15(20)10-19(22)23/h2-6,11,15H,7-10,12H2,1H3,(H,22,23). The lowest BCUT2D eigenvalue weighted by molar-refractivity contribution is -0.140. The molecule has 1 N–H and O–H groups in total. The molecule has 2 aromatic carbocycles. The lowest BCUT2D eigenvalue weighted by atomic mass is 10.0. The Morgan fingerprint density at radius 2 is 2.16 bits per heavy atom. The van der Waals surface area contributed by atoms with E-state index in [1.807, 2.05) is 36.4 Å². The maximum absolute atomic E-state index is 12.9. The number of thioether (sulfide) groups is 1. The first-order chi connectivity index (χ1) is 12.1. The topological polar surface area (TPSA) is 66.8 Å². The van der Waals surface area contributed by atoms with Crippen LogP contribution in [0.1, 0.15) is 12.0 Å². The van der Waals surface area contributed by atoms with Crippen molar-refractivity contribution in [2.45, 2.75) is 18.9 Å². The predicted molar refractivity (Wildman–Crippen MR) is 99.3 cm³/mol. The van der Waals surface area contributed by atoms with Gasteiger partial charge in [-0.05, 0) is 28.5 Å². The van der Waals surface area contributed by atoms with E-state index >= 15 is 0 Å². The number of ether oxygens (including phenoxy) is 1. The van der Waals surface area contributed by atoms with Crippen LogP contribution in [0.5, 0.6) is 5.75 Å². The van der Waals surface area contributed by atoms with Crippen LogP contribution in [0.25, 0.3) is 10.8 Å². The number of nitrogens with zero attached hydrogens (tertiary/aromatic N) is 1.